The van der Waals surface area contributed by atoms with E-state index >= 15 is 0 Å². The van der Waals surface area contributed by atoms with Crippen LogP contribution in [0.5, 0.6) is 28.7 Å². The second kappa shape index (κ2) is 12.1. The Morgan fingerprint density at radius 2 is 1.39 bits per heavy atom. The number of aromatic hydroxyl groups is 1. The number of anilines is 1. The topological polar surface area (TPSA) is 86.3 Å². The lowest BCUT2D eigenvalue weighted by Gasteiger charge is -2.14. The number of hydrogen-bond donors (Lipinski definition) is 2. The number of benzene rings is 3. The first-order valence-electron chi connectivity index (χ1n) is 11.2. The lowest BCUT2D eigenvalue weighted by molar-refractivity contribution is -0.137. The number of methoxy groups -OCH3 is 4. The highest BCUT2D eigenvalue weighted by Gasteiger charge is 2.29. The fourth-order valence-corrected chi connectivity index (χ4v) is 3.53. The van der Waals surface area contributed by atoms with Crippen molar-refractivity contribution in [3.63, 3.8) is 0 Å². The van der Waals surface area contributed by atoms with Gasteiger partial charge in [0.25, 0.3) is 0 Å². The first-order valence-corrected chi connectivity index (χ1v) is 11.2. The molecular weight excluding hydrogens is 503 g/mol. The van der Waals surface area contributed by atoms with Crippen LogP contribution in [-0.2, 0) is 11.0 Å². The Morgan fingerprint density at radius 1 is 0.789 bits per heavy atom. The highest BCUT2D eigenvalue weighted by Crippen LogP contribution is 2.40. The maximum atomic E-state index is 12.8. The smallest absolute Gasteiger partial charge is 0.416 e. The molecule has 3 aromatic rings. The van der Waals surface area contributed by atoms with E-state index < -0.39 is 17.6 Å². The summed E-state index contributed by atoms with van der Waals surface area (Å²) in [4.78, 5) is 12.6. The van der Waals surface area contributed by atoms with Crippen molar-refractivity contribution in [2.75, 3.05) is 33.8 Å². The van der Waals surface area contributed by atoms with E-state index in [0.717, 1.165) is 18.2 Å². The summed E-state index contributed by atoms with van der Waals surface area (Å²) in [7, 11) is 5.86. The van der Waals surface area contributed by atoms with Crippen LogP contribution in [0.1, 0.15) is 22.3 Å². The molecule has 0 atom stereocenters. The maximum Gasteiger partial charge on any atom is 0.416 e. The quantitative estimate of drug-likeness (QED) is 0.193. The van der Waals surface area contributed by atoms with E-state index in [1.807, 2.05) is 0 Å². The molecule has 0 spiro atoms. The van der Waals surface area contributed by atoms with Gasteiger partial charge in [-0.05, 0) is 53.6 Å². The minimum Gasteiger partial charge on any atom is -0.503 e. The van der Waals surface area contributed by atoms with Crippen LogP contribution in [0, 0.1) is 0 Å². The van der Waals surface area contributed by atoms with Crippen molar-refractivity contribution in [1.29, 1.82) is 0 Å². The number of halogens is 3. The number of alkyl halides is 3. The summed E-state index contributed by atoms with van der Waals surface area (Å²) < 4.78 is 59.5. The van der Waals surface area contributed by atoms with E-state index in [-0.39, 0.29) is 17.2 Å². The van der Waals surface area contributed by atoms with Gasteiger partial charge in [0.2, 0.25) is 11.7 Å². The third-order valence-electron chi connectivity index (χ3n) is 5.45. The van der Waals surface area contributed by atoms with Gasteiger partial charge in [-0.2, -0.15) is 13.2 Å². The first kappa shape index (κ1) is 28.0. The van der Waals surface area contributed by atoms with Crippen LogP contribution in [-0.4, -0.2) is 39.5 Å². The van der Waals surface area contributed by atoms with Gasteiger partial charge in [-0.3, -0.25) is 4.79 Å². The maximum absolute atomic E-state index is 12.8. The van der Waals surface area contributed by atoms with E-state index in [4.69, 9.17) is 18.9 Å². The molecule has 0 unspecified atom stereocenters. The lowest BCUT2D eigenvalue weighted by atomic mass is 10.1. The van der Waals surface area contributed by atoms with Crippen LogP contribution in [0.2, 0.25) is 0 Å². The number of amides is 1. The highest BCUT2D eigenvalue weighted by atomic mass is 19.4. The fourth-order valence-electron chi connectivity index (χ4n) is 3.53. The summed E-state index contributed by atoms with van der Waals surface area (Å²) >= 11 is 0. The minimum atomic E-state index is -4.45. The van der Waals surface area contributed by atoms with Crippen LogP contribution in [0.4, 0.5) is 18.9 Å². The van der Waals surface area contributed by atoms with Crippen molar-refractivity contribution in [2.45, 2.75) is 6.18 Å². The molecule has 1 amide bonds. The summed E-state index contributed by atoms with van der Waals surface area (Å²) in [6.45, 7) is 0. The number of phenolic OH excluding ortho intramolecular Hbond substituents is 1. The number of rotatable bonds is 9. The van der Waals surface area contributed by atoms with Gasteiger partial charge >= 0.3 is 6.18 Å². The molecular formula is C28H26F3NO6. The zero-order chi connectivity index (χ0) is 27.9. The molecule has 3 rings (SSSR count). The first-order chi connectivity index (χ1) is 18.1. The average Bonchev–Trinajstić information content (AvgIpc) is 2.91. The van der Waals surface area contributed by atoms with Gasteiger partial charge in [-0.1, -0.05) is 24.3 Å². The lowest BCUT2D eigenvalue weighted by Crippen LogP contribution is -2.09. The monoisotopic (exact) mass is 529 g/mol. The zero-order valence-electron chi connectivity index (χ0n) is 21.1. The molecule has 3 aromatic carbocycles. The van der Waals surface area contributed by atoms with Gasteiger partial charge in [-0.25, -0.2) is 0 Å². The SMILES string of the molecule is COc1ccc(/C=C\c2cc(OC)c(OC)c(OC)c2)c(NC(=O)/C=C/c2ccc(C(F)(F)F)cc2)c1O. The Hall–Kier alpha value is -4.60. The van der Waals surface area contributed by atoms with Crippen LogP contribution in [0.15, 0.2) is 54.6 Å². The molecule has 0 saturated heterocycles. The van der Waals surface area contributed by atoms with Gasteiger partial charge in [0.15, 0.2) is 23.0 Å². The number of nitrogens with one attached hydrogen (secondary N) is 1. The summed E-state index contributed by atoms with van der Waals surface area (Å²) in [5.74, 6) is 0.558. The predicted molar refractivity (Wildman–Crippen MR) is 139 cm³/mol. The predicted octanol–water partition coefficient (Wildman–Crippen LogP) is 6.27. The van der Waals surface area contributed by atoms with Crippen molar-refractivity contribution in [3.05, 3.63) is 76.9 Å². The Kier molecular flexibility index (Phi) is 8.90. The fraction of sp³-hybridized carbons (Fsp3) is 0.179. The summed E-state index contributed by atoms with van der Waals surface area (Å²) in [6, 6.07) is 11.0. The van der Waals surface area contributed by atoms with E-state index in [1.165, 1.54) is 52.7 Å². The van der Waals surface area contributed by atoms with Crippen molar-refractivity contribution in [3.8, 4) is 28.7 Å². The number of ether oxygens (including phenoxy) is 4. The van der Waals surface area contributed by atoms with Gasteiger partial charge in [0.05, 0.1) is 39.7 Å². The normalized spacial score (nSPS) is 11.6. The van der Waals surface area contributed by atoms with E-state index in [1.54, 1.807) is 30.4 Å². The Morgan fingerprint density at radius 3 is 1.92 bits per heavy atom. The van der Waals surface area contributed by atoms with Crippen LogP contribution < -0.4 is 24.3 Å². The average molecular weight is 530 g/mol. The van der Waals surface area contributed by atoms with Crippen molar-refractivity contribution in [1.82, 2.24) is 0 Å². The van der Waals surface area contributed by atoms with Crippen molar-refractivity contribution in [2.24, 2.45) is 0 Å². The Balaban J connectivity index is 1.88. The third-order valence-corrected chi connectivity index (χ3v) is 5.45. The van der Waals surface area contributed by atoms with Gasteiger partial charge in [0.1, 0.15) is 0 Å². The molecule has 0 aliphatic rings. The molecule has 0 bridgehead atoms. The molecule has 200 valence electrons. The van der Waals surface area contributed by atoms with Gasteiger partial charge < -0.3 is 29.4 Å². The van der Waals surface area contributed by atoms with Crippen molar-refractivity contribution >= 4 is 29.8 Å². The summed E-state index contributed by atoms with van der Waals surface area (Å²) in [6.07, 6.45) is 1.44. The zero-order valence-corrected chi connectivity index (χ0v) is 21.1. The van der Waals surface area contributed by atoms with Gasteiger partial charge in [0, 0.05) is 11.6 Å². The molecule has 0 fully saturated rings. The Labute approximate surface area is 217 Å². The Bertz CT molecular complexity index is 1320. The molecule has 10 heteroatoms. The van der Waals surface area contributed by atoms with Crippen molar-refractivity contribution < 1.29 is 42.0 Å². The second-order valence-electron chi connectivity index (χ2n) is 7.82. The highest BCUT2D eigenvalue weighted by molar-refractivity contribution is 6.04. The largest absolute Gasteiger partial charge is 0.503 e. The molecule has 0 aromatic heterocycles. The number of carbonyl (C=O) groups is 1. The third kappa shape index (κ3) is 6.58. The van der Waals surface area contributed by atoms with Crippen LogP contribution in [0.25, 0.3) is 18.2 Å². The van der Waals surface area contributed by atoms with Gasteiger partial charge in [-0.15, -0.1) is 0 Å². The standard InChI is InChI=1S/C28H26F3NO6/c1-35-21-13-10-19(9-5-18-15-22(36-2)27(38-4)23(16-18)37-3)25(26(21)34)32-24(33)14-8-17-6-11-20(12-7-17)28(29,30)31/h5-16,34H,1-4H3,(H,32,33)/b9-5-,14-8+. The van der Waals surface area contributed by atoms with E-state index in [0.29, 0.717) is 33.9 Å². The number of hydrogen-bond acceptors (Lipinski definition) is 6. The van der Waals surface area contributed by atoms with E-state index in [2.05, 4.69) is 5.32 Å². The summed E-state index contributed by atoms with van der Waals surface area (Å²) in [5, 5.41) is 13.3. The van der Waals surface area contributed by atoms with Crippen LogP contribution in [0.3, 0.4) is 0 Å². The molecule has 0 radical (unpaired) electrons. The van der Waals surface area contributed by atoms with E-state index in [9.17, 15) is 23.1 Å². The summed E-state index contributed by atoms with van der Waals surface area (Å²) in [5.41, 5.74) is 0.826. The molecule has 0 saturated carbocycles. The molecule has 0 aliphatic carbocycles. The molecule has 38 heavy (non-hydrogen) atoms. The molecule has 0 aliphatic heterocycles. The number of phenols is 1. The molecule has 7 nitrogen and oxygen atoms in total. The van der Waals surface area contributed by atoms with Crippen LogP contribution >= 0.6 is 0 Å². The second-order valence-corrected chi connectivity index (χ2v) is 7.82. The molecule has 0 heterocycles. The molecule has 2 N–H and O–H groups in total. The minimum absolute atomic E-state index is 0.0788. The number of carbonyl (C=O) groups excluding carboxylic acids is 1.